The van der Waals surface area contributed by atoms with Crippen molar-refractivity contribution in [2.75, 3.05) is 7.11 Å². The minimum Gasteiger partial charge on any atom is -0.465 e. The molecule has 3 rings (SSSR count). The minimum atomic E-state index is -0.281. The van der Waals surface area contributed by atoms with Gasteiger partial charge in [-0.25, -0.2) is 4.79 Å². The average molecular weight is 322 g/mol. The summed E-state index contributed by atoms with van der Waals surface area (Å²) in [5.41, 5.74) is 4.14. The second kappa shape index (κ2) is 6.80. The van der Waals surface area contributed by atoms with Crippen molar-refractivity contribution in [3.8, 4) is 10.4 Å². The van der Waals surface area contributed by atoms with Gasteiger partial charge < -0.3 is 4.74 Å². The van der Waals surface area contributed by atoms with Crippen molar-refractivity contribution in [2.45, 2.75) is 13.3 Å². The van der Waals surface area contributed by atoms with Gasteiger partial charge in [0.25, 0.3) is 0 Å². The van der Waals surface area contributed by atoms with Crippen molar-refractivity contribution in [3.05, 3.63) is 82.2 Å². The van der Waals surface area contributed by atoms with Gasteiger partial charge in [0.2, 0.25) is 0 Å². The van der Waals surface area contributed by atoms with E-state index in [4.69, 9.17) is 4.74 Å². The summed E-state index contributed by atoms with van der Waals surface area (Å²) in [5, 5.41) is 0. The van der Waals surface area contributed by atoms with Crippen LogP contribution in [0.25, 0.3) is 10.4 Å². The van der Waals surface area contributed by atoms with Crippen LogP contribution >= 0.6 is 11.3 Å². The van der Waals surface area contributed by atoms with Crippen LogP contribution in [-0.4, -0.2) is 13.1 Å². The summed E-state index contributed by atoms with van der Waals surface area (Å²) < 4.78 is 4.95. The molecule has 0 aliphatic rings. The molecule has 0 aliphatic heterocycles. The summed E-state index contributed by atoms with van der Waals surface area (Å²) >= 11 is 1.66. The fourth-order valence-corrected chi connectivity index (χ4v) is 3.69. The first-order valence-electron chi connectivity index (χ1n) is 7.49. The summed E-state index contributed by atoms with van der Waals surface area (Å²) in [4.78, 5) is 14.3. The normalized spacial score (nSPS) is 10.5. The van der Waals surface area contributed by atoms with Crippen molar-refractivity contribution in [1.29, 1.82) is 0 Å². The van der Waals surface area contributed by atoms with Crippen LogP contribution in [0.4, 0.5) is 0 Å². The summed E-state index contributed by atoms with van der Waals surface area (Å²) in [6, 6.07) is 20.5. The van der Waals surface area contributed by atoms with Gasteiger partial charge in [-0.3, -0.25) is 0 Å². The van der Waals surface area contributed by atoms with Crippen LogP contribution in [-0.2, 0) is 11.2 Å². The summed E-state index contributed by atoms with van der Waals surface area (Å²) in [6.07, 6.45) is 0.821. The summed E-state index contributed by atoms with van der Waals surface area (Å²) in [5.74, 6) is -0.281. The predicted octanol–water partition coefficient (Wildman–Crippen LogP) is 5.10. The van der Waals surface area contributed by atoms with Gasteiger partial charge in [-0.1, -0.05) is 60.2 Å². The van der Waals surface area contributed by atoms with E-state index in [0.717, 1.165) is 21.7 Å². The van der Waals surface area contributed by atoms with E-state index in [1.54, 1.807) is 11.3 Å². The number of aryl methyl sites for hydroxylation is 1. The van der Waals surface area contributed by atoms with Crippen LogP contribution in [0, 0.1) is 6.92 Å². The van der Waals surface area contributed by atoms with E-state index in [2.05, 4.69) is 43.3 Å². The van der Waals surface area contributed by atoms with Crippen LogP contribution in [0.15, 0.2) is 60.7 Å². The molecule has 0 N–H and O–H groups in total. The molecule has 0 bridgehead atoms. The Morgan fingerprint density at radius 3 is 2.39 bits per heavy atom. The lowest BCUT2D eigenvalue weighted by molar-refractivity contribution is 0.0602. The van der Waals surface area contributed by atoms with E-state index in [1.807, 2.05) is 24.3 Å². The third-order valence-electron chi connectivity index (χ3n) is 3.72. The number of carbonyl (C=O) groups is 1. The van der Waals surface area contributed by atoms with E-state index in [9.17, 15) is 4.79 Å². The maximum atomic E-state index is 12.1. The second-order valence-electron chi connectivity index (χ2n) is 5.48. The number of esters is 1. The highest BCUT2D eigenvalue weighted by atomic mass is 32.1. The zero-order chi connectivity index (χ0) is 16.2. The Morgan fingerprint density at radius 1 is 1.04 bits per heavy atom. The van der Waals surface area contributed by atoms with E-state index < -0.39 is 0 Å². The minimum absolute atomic E-state index is 0.281. The maximum Gasteiger partial charge on any atom is 0.339 e. The number of thiophene rings is 1. The molecule has 23 heavy (non-hydrogen) atoms. The highest BCUT2D eigenvalue weighted by Gasteiger charge is 2.18. The molecule has 0 amide bonds. The molecule has 0 radical (unpaired) electrons. The summed E-state index contributed by atoms with van der Waals surface area (Å²) in [7, 11) is 1.43. The van der Waals surface area contributed by atoms with E-state index >= 15 is 0 Å². The molecule has 3 aromatic rings. The largest absolute Gasteiger partial charge is 0.465 e. The molecule has 3 heteroatoms. The van der Waals surface area contributed by atoms with Crippen LogP contribution in [0.1, 0.15) is 26.4 Å². The average Bonchev–Trinajstić information content (AvgIpc) is 2.99. The van der Waals surface area contributed by atoms with Gasteiger partial charge in [0.05, 0.1) is 12.7 Å². The number of methoxy groups -OCH3 is 1. The molecule has 2 nitrogen and oxygen atoms in total. The molecular formula is C20H18O2S. The molecule has 0 aliphatic carbocycles. The second-order valence-corrected chi connectivity index (χ2v) is 6.61. The molecule has 0 saturated carbocycles. The first-order chi connectivity index (χ1) is 11.2. The third kappa shape index (κ3) is 3.51. The Bertz CT molecular complexity index is 801. The third-order valence-corrected chi connectivity index (χ3v) is 4.91. The molecule has 0 spiro atoms. The molecule has 1 heterocycles. The lowest BCUT2D eigenvalue weighted by Gasteiger charge is -2.02. The Morgan fingerprint density at radius 2 is 1.74 bits per heavy atom. The van der Waals surface area contributed by atoms with Crippen molar-refractivity contribution >= 4 is 17.3 Å². The van der Waals surface area contributed by atoms with Gasteiger partial charge in [0.15, 0.2) is 0 Å². The van der Waals surface area contributed by atoms with Crippen LogP contribution in [0.2, 0.25) is 0 Å². The number of benzene rings is 2. The van der Waals surface area contributed by atoms with Crippen molar-refractivity contribution in [3.63, 3.8) is 0 Å². The molecule has 0 saturated heterocycles. The summed E-state index contributed by atoms with van der Waals surface area (Å²) in [6.45, 7) is 2.06. The standard InChI is InChI=1S/C20H18O2S/c1-14-8-10-16(11-9-14)19-18(20(21)22-2)13-17(23-19)12-15-6-4-3-5-7-15/h3-11,13H,12H2,1-2H3. The predicted molar refractivity (Wildman–Crippen MR) is 95.1 cm³/mol. The fourth-order valence-electron chi connectivity index (χ4n) is 2.51. The van der Waals surface area contributed by atoms with Crippen LogP contribution in [0.3, 0.4) is 0 Å². The molecule has 0 fully saturated rings. The van der Waals surface area contributed by atoms with Gasteiger partial charge in [-0.2, -0.15) is 0 Å². The van der Waals surface area contributed by atoms with Crippen molar-refractivity contribution in [2.24, 2.45) is 0 Å². The monoisotopic (exact) mass is 322 g/mol. The van der Waals surface area contributed by atoms with Gasteiger partial charge in [0.1, 0.15) is 0 Å². The molecule has 1 aromatic heterocycles. The number of carbonyl (C=O) groups excluding carboxylic acids is 1. The van der Waals surface area contributed by atoms with Gasteiger partial charge in [0, 0.05) is 16.2 Å². The first-order valence-corrected chi connectivity index (χ1v) is 8.31. The molecule has 0 atom stereocenters. The Labute approximate surface area is 140 Å². The zero-order valence-electron chi connectivity index (χ0n) is 13.2. The van der Waals surface area contributed by atoms with Gasteiger partial charge >= 0.3 is 5.97 Å². The van der Waals surface area contributed by atoms with Gasteiger partial charge in [-0.05, 0) is 24.1 Å². The molecule has 2 aromatic carbocycles. The topological polar surface area (TPSA) is 26.3 Å². The van der Waals surface area contributed by atoms with E-state index in [0.29, 0.717) is 5.56 Å². The molecule has 116 valence electrons. The highest BCUT2D eigenvalue weighted by molar-refractivity contribution is 7.16. The lowest BCUT2D eigenvalue weighted by Crippen LogP contribution is -2.00. The number of hydrogen-bond donors (Lipinski definition) is 0. The van der Waals surface area contributed by atoms with Crippen LogP contribution < -0.4 is 0 Å². The van der Waals surface area contributed by atoms with Crippen molar-refractivity contribution < 1.29 is 9.53 Å². The molecule has 0 unspecified atom stereocenters. The SMILES string of the molecule is COC(=O)c1cc(Cc2ccccc2)sc1-c1ccc(C)cc1. The Hall–Kier alpha value is -2.39. The van der Waals surface area contributed by atoms with E-state index in [1.165, 1.54) is 18.2 Å². The maximum absolute atomic E-state index is 12.1. The zero-order valence-corrected chi connectivity index (χ0v) is 14.0. The number of rotatable bonds is 4. The highest BCUT2D eigenvalue weighted by Crippen LogP contribution is 2.34. The van der Waals surface area contributed by atoms with Gasteiger partial charge in [-0.15, -0.1) is 11.3 Å². The van der Waals surface area contributed by atoms with Crippen molar-refractivity contribution in [1.82, 2.24) is 0 Å². The van der Waals surface area contributed by atoms with E-state index in [-0.39, 0.29) is 5.97 Å². The number of hydrogen-bond acceptors (Lipinski definition) is 3. The first kappa shape index (κ1) is 15.5. The Balaban J connectivity index is 2.00. The Kier molecular flexibility index (Phi) is 4.58. The lowest BCUT2D eigenvalue weighted by atomic mass is 10.1. The fraction of sp³-hybridized carbons (Fsp3) is 0.150. The quantitative estimate of drug-likeness (QED) is 0.625. The number of ether oxygens (including phenoxy) is 1. The van der Waals surface area contributed by atoms with Crippen LogP contribution in [0.5, 0.6) is 0 Å². The molecular weight excluding hydrogens is 304 g/mol. The smallest absolute Gasteiger partial charge is 0.339 e.